The zero-order valence-corrected chi connectivity index (χ0v) is 18.7. The van der Waals surface area contributed by atoms with Gasteiger partial charge in [-0.2, -0.15) is 13.2 Å². The van der Waals surface area contributed by atoms with Crippen LogP contribution in [0.5, 0.6) is 17.2 Å². The number of alkyl halides is 3. The molecule has 4 aromatic rings. The van der Waals surface area contributed by atoms with Gasteiger partial charge in [-0.1, -0.05) is 42.5 Å². The predicted molar refractivity (Wildman–Crippen MR) is 125 cm³/mol. The largest absolute Gasteiger partial charge is 0.453 e. The number of rotatable bonds is 5. The molecular formula is C27H19F3O5. The highest BCUT2D eigenvalue weighted by Gasteiger charge is 2.40. The standard InChI is InChI=1S/C27H19F3O5/c1-16-8-9-17(2)21(14-16)34-25-24(32)20-12-11-19(15-22(20)35-26(25)27(28,29)30)33-23(31)13-10-18-6-4-3-5-7-18/h3-15H,1-2H3/b13-10+. The second kappa shape index (κ2) is 9.50. The number of hydrogen-bond acceptors (Lipinski definition) is 5. The molecule has 8 heteroatoms. The molecule has 178 valence electrons. The van der Waals surface area contributed by atoms with Crippen LogP contribution in [0.4, 0.5) is 13.2 Å². The summed E-state index contributed by atoms with van der Waals surface area (Å²) in [5.74, 6) is -3.27. The van der Waals surface area contributed by atoms with Gasteiger partial charge in [-0.15, -0.1) is 0 Å². The maximum Gasteiger partial charge on any atom is 0.453 e. The van der Waals surface area contributed by atoms with Crippen molar-refractivity contribution in [1.82, 2.24) is 0 Å². The maximum atomic E-state index is 13.8. The zero-order chi connectivity index (χ0) is 25.2. The Morgan fingerprint density at radius 2 is 1.71 bits per heavy atom. The Bertz CT molecular complexity index is 1480. The van der Waals surface area contributed by atoms with Crippen LogP contribution in [0, 0.1) is 13.8 Å². The molecule has 0 aliphatic heterocycles. The van der Waals surface area contributed by atoms with Crippen molar-refractivity contribution in [3.8, 4) is 17.2 Å². The number of aryl methyl sites for hydroxylation is 2. The molecule has 0 bridgehead atoms. The molecule has 0 unspecified atom stereocenters. The van der Waals surface area contributed by atoms with Gasteiger partial charge >= 0.3 is 12.1 Å². The molecule has 5 nitrogen and oxygen atoms in total. The van der Waals surface area contributed by atoms with Crippen LogP contribution >= 0.6 is 0 Å². The minimum Gasteiger partial charge on any atom is -0.449 e. The van der Waals surface area contributed by atoms with Crippen LogP contribution in [0.2, 0.25) is 0 Å². The molecule has 0 aliphatic carbocycles. The second-order valence-electron chi connectivity index (χ2n) is 7.78. The van der Waals surface area contributed by atoms with Crippen molar-refractivity contribution in [2.24, 2.45) is 0 Å². The fourth-order valence-corrected chi connectivity index (χ4v) is 3.31. The first-order valence-corrected chi connectivity index (χ1v) is 10.5. The first-order valence-electron chi connectivity index (χ1n) is 10.5. The first-order chi connectivity index (χ1) is 16.6. The van der Waals surface area contributed by atoms with E-state index in [0.29, 0.717) is 5.56 Å². The van der Waals surface area contributed by atoms with Crippen molar-refractivity contribution in [3.63, 3.8) is 0 Å². The third kappa shape index (κ3) is 5.43. The summed E-state index contributed by atoms with van der Waals surface area (Å²) in [7, 11) is 0. The molecule has 35 heavy (non-hydrogen) atoms. The highest BCUT2D eigenvalue weighted by Crippen LogP contribution is 2.39. The monoisotopic (exact) mass is 480 g/mol. The molecule has 1 aromatic heterocycles. The Morgan fingerprint density at radius 1 is 0.971 bits per heavy atom. The van der Waals surface area contributed by atoms with Crippen LogP contribution in [-0.4, -0.2) is 5.97 Å². The van der Waals surface area contributed by atoms with Gasteiger partial charge in [0.15, 0.2) is 0 Å². The van der Waals surface area contributed by atoms with E-state index in [1.165, 1.54) is 30.4 Å². The lowest BCUT2D eigenvalue weighted by molar-refractivity contribution is -0.154. The summed E-state index contributed by atoms with van der Waals surface area (Å²) in [6.45, 7) is 3.40. The third-order valence-corrected chi connectivity index (χ3v) is 5.07. The molecule has 0 N–H and O–H groups in total. The van der Waals surface area contributed by atoms with Crippen molar-refractivity contribution < 1.29 is 31.9 Å². The Kier molecular flexibility index (Phi) is 6.46. The molecule has 4 rings (SSSR count). The number of carbonyl (C=O) groups is 1. The number of esters is 1. The van der Waals surface area contributed by atoms with Crippen LogP contribution < -0.4 is 14.9 Å². The van der Waals surface area contributed by atoms with E-state index >= 15 is 0 Å². The SMILES string of the molecule is Cc1ccc(C)c(Oc2c(C(F)(F)F)oc3cc(OC(=O)/C=C/c4ccccc4)ccc3c2=O)c1. The second-order valence-corrected chi connectivity index (χ2v) is 7.78. The lowest BCUT2D eigenvalue weighted by Gasteiger charge is -2.15. The van der Waals surface area contributed by atoms with Crippen LogP contribution in [0.25, 0.3) is 17.0 Å². The average Bonchev–Trinajstić information content (AvgIpc) is 2.81. The average molecular weight is 480 g/mol. The van der Waals surface area contributed by atoms with E-state index in [4.69, 9.17) is 13.9 Å². The first kappa shape index (κ1) is 23.8. The van der Waals surface area contributed by atoms with Crippen molar-refractivity contribution in [2.75, 3.05) is 0 Å². The topological polar surface area (TPSA) is 65.7 Å². The molecule has 0 amide bonds. The minimum absolute atomic E-state index is 0.0836. The molecule has 0 saturated heterocycles. The van der Waals surface area contributed by atoms with Gasteiger partial charge in [0, 0.05) is 12.1 Å². The van der Waals surface area contributed by atoms with Gasteiger partial charge in [-0.3, -0.25) is 4.79 Å². The number of ether oxygens (including phenoxy) is 2. The number of halogens is 3. The maximum absolute atomic E-state index is 13.8. The minimum atomic E-state index is -5.01. The van der Waals surface area contributed by atoms with E-state index in [1.807, 2.05) is 6.07 Å². The highest BCUT2D eigenvalue weighted by molar-refractivity contribution is 5.89. The summed E-state index contributed by atoms with van der Waals surface area (Å²) < 4.78 is 57.1. The molecular weight excluding hydrogens is 461 g/mol. The van der Waals surface area contributed by atoms with Crippen molar-refractivity contribution in [3.05, 3.63) is 105 Å². The van der Waals surface area contributed by atoms with E-state index in [2.05, 4.69) is 0 Å². The van der Waals surface area contributed by atoms with E-state index in [1.54, 1.807) is 50.2 Å². The van der Waals surface area contributed by atoms with Gasteiger partial charge in [0.05, 0.1) is 5.39 Å². The third-order valence-electron chi connectivity index (χ3n) is 5.07. The molecule has 1 heterocycles. The predicted octanol–water partition coefficient (Wildman–Crippen LogP) is 6.84. The summed E-state index contributed by atoms with van der Waals surface area (Å²) in [5.41, 5.74) is 0.667. The van der Waals surface area contributed by atoms with Gasteiger partial charge in [-0.05, 0) is 54.8 Å². The Hall–Kier alpha value is -4.33. The van der Waals surface area contributed by atoms with Crippen LogP contribution in [0.15, 0.2) is 82.0 Å². The fraction of sp³-hybridized carbons (Fsp3) is 0.111. The lowest BCUT2D eigenvalue weighted by atomic mass is 10.1. The highest BCUT2D eigenvalue weighted by atomic mass is 19.4. The van der Waals surface area contributed by atoms with E-state index in [-0.39, 0.29) is 16.9 Å². The molecule has 0 fully saturated rings. The molecule has 0 atom stereocenters. The van der Waals surface area contributed by atoms with Crippen LogP contribution in [0.3, 0.4) is 0 Å². The zero-order valence-electron chi connectivity index (χ0n) is 18.7. The molecule has 0 aliphatic rings. The summed E-state index contributed by atoms with van der Waals surface area (Å²) in [6, 6.07) is 17.5. The van der Waals surface area contributed by atoms with Crippen LogP contribution in [0.1, 0.15) is 22.5 Å². The normalized spacial score (nSPS) is 11.7. The van der Waals surface area contributed by atoms with Gasteiger partial charge in [0.2, 0.25) is 11.2 Å². The van der Waals surface area contributed by atoms with E-state index in [9.17, 15) is 22.8 Å². The smallest absolute Gasteiger partial charge is 0.449 e. The van der Waals surface area contributed by atoms with Gasteiger partial charge < -0.3 is 13.9 Å². The number of fused-ring (bicyclic) bond motifs is 1. The summed E-state index contributed by atoms with van der Waals surface area (Å²) in [4.78, 5) is 25.1. The van der Waals surface area contributed by atoms with E-state index < -0.39 is 34.7 Å². The Morgan fingerprint density at radius 3 is 2.43 bits per heavy atom. The lowest BCUT2D eigenvalue weighted by Crippen LogP contribution is -2.16. The molecule has 0 saturated carbocycles. The summed E-state index contributed by atoms with van der Waals surface area (Å²) in [5, 5.41) is -0.155. The molecule has 0 radical (unpaired) electrons. The molecule has 3 aromatic carbocycles. The van der Waals surface area contributed by atoms with Crippen molar-refractivity contribution in [2.45, 2.75) is 20.0 Å². The number of carbonyl (C=O) groups excluding carboxylic acids is 1. The van der Waals surface area contributed by atoms with Gasteiger partial charge in [-0.25, -0.2) is 4.79 Å². The quantitative estimate of drug-likeness (QED) is 0.178. The van der Waals surface area contributed by atoms with Crippen molar-refractivity contribution >= 4 is 23.0 Å². The van der Waals surface area contributed by atoms with Gasteiger partial charge in [0.25, 0.3) is 5.76 Å². The van der Waals surface area contributed by atoms with Crippen LogP contribution in [-0.2, 0) is 11.0 Å². The van der Waals surface area contributed by atoms with Crippen molar-refractivity contribution in [1.29, 1.82) is 0 Å². The molecule has 0 spiro atoms. The van der Waals surface area contributed by atoms with Gasteiger partial charge in [0.1, 0.15) is 17.1 Å². The number of benzene rings is 3. The Balaban J connectivity index is 1.70. The fourth-order valence-electron chi connectivity index (χ4n) is 3.31. The number of hydrogen-bond donors (Lipinski definition) is 0. The van der Waals surface area contributed by atoms with E-state index in [0.717, 1.165) is 17.2 Å². The Labute approximate surface area is 198 Å². The summed E-state index contributed by atoms with van der Waals surface area (Å²) >= 11 is 0. The summed E-state index contributed by atoms with van der Waals surface area (Å²) in [6.07, 6.45) is -2.30.